The van der Waals surface area contributed by atoms with Gasteiger partial charge in [-0.3, -0.25) is 14.5 Å². The molecule has 1 aliphatic heterocycles. The van der Waals surface area contributed by atoms with Gasteiger partial charge in [-0.05, 0) is 5.92 Å². The molecule has 5 nitrogen and oxygen atoms in total. The number of carbonyl (C=O) groups excluding carboxylic acids is 2. The first-order valence-corrected chi connectivity index (χ1v) is 4.61. The zero-order chi connectivity index (χ0) is 10.7. The van der Waals surface area contributed by atoms with Crippen LogP contribution < -0.4 is 0 Å². The number of β-amino-alcohol motifs (C(OH)–C–C–N with tert-alkyl or cyclic N) is 1. The van der Waals surface area contributed by atoms with E-state index in [1.54, 1.807) is 0 Å². The number of ether oxygens (including phenoxy) is 1. The largest absolute Gasteiger partial charge is 0.391 e. The summed E-state index contributed by atoms with van der Waals surface area (Å²) in [5.41, 5.74) is 0. The highest BCUT2D eigenvalue weighted by Gasteiger charge is 2.28. The standard InChI is InChI=1S/C9H15NO4/c1-6(2)7(11)3-10-8(12)4-14-5-9(10)13/h6-7,11H,3-5H2,1-2H3. The van der Waals surface area contributed by atoms with Crippen molar-refractivity contribution in [1.82, 2.24) is 4.90 Å². The number of aliphatic hydroxyl groups excluding tert-OH is 1. The summed E-state index contributed by atoms with van der Waals surface area (Å²) in [6, 6.07) is 0. The van der Waals surface area contributed by atoms with Crippen molar-refractivity contribution in [3.05, 3.63) is 0 Å². The number of carbonyl (C=O) groups is 2. The van der Waals surface area contributed by atoms with Gasteiger partial charge < -0.3 is 9.84 Å². The Kier molecular flexibility index (Phi) is 3.60. The number of nitrogens with zero attached hydrogens (tertiary/aromatic N) is 1. The Labute approximate surface area is 82.6 Å². The fraction of sp³-hybridized carbons (Fsp3) is 0.778. The van der Waals surface area contributed by atoms with Gasteiger partial charge in [0.15, 0.2) is 0 Å². The van der Waals surface area contributed by atoms with Crippen LogP contribution in [0, 0.1) is 5.92 Å². The first kappa shape index (κ1) is 11.1. The Hall–Kier alpha value is -0.940. The number of amides is 2. The lowest BCUT2D eigenvalue weighted by Gasteiger charge is -2.28. The summed E-state index contributed by atoms with van der Waals surface area (Å²) < 4.78 is 4.74. The van der Waals surface area contributed by atoms with Crippen LogP contribution in [0.15, 0.2) is 0 Å². The quantitative estimate of drug-likeness (QED) is 0.618. The second-order valence-electron chi connectivity index (χ2n) is 3.70. The molecule has 2 amide bonds. The van der Waals surface area contributed by atoms with Gasteiger partial charge in [-0.1, -0.05) is 13.8 Å². The number of aliphatic hydroxyl groups is 1. The minimum Gasteiger partial charge on any atom is -0.391 e. The Morgan fingerprint density at radius 2 is 1.86 bits per heavy atom. The van der Waals surface area contributed by atoms with Gasteiger partial charge >= 0.3 is 0 Å². The van der Waals surface area contributed by atoms with Crippen LogP contribution in [-0.2, 0) is 14.3 Å². The number of morpholine rings is 1. The molecule has 1 N–H and O–H groups in total. The third-order valence-corrected chi connectivity index (χ3v) is 2.19. The molecule has 14 heavy (non-hydrogen) atoms. The first-order valence-electron chi connectivity index (χ1n) is 4.61. The molecule has 0 saturated carbocycles. The van der Waals surface area contributed by atoms with Crippen molar-refractivity contribution < 1.29 is 19.4 Å². The zero-order valence-electron chi connectivity index (χ0n) is 8.40. The van der Waals surface area contributed by atoms with Gasteiger partial charge in [0.2, 0.25) is 0 Å². The molecule has 0 aromatic carbocycles. The van der Waals surface area contributed by atoms with E-state index in [0.29, 0.717) is 0 Å². The molecule has 1 atom stereocenters. The van der Waals surface area contributed by atoms with Gasteiger partial charge in [0.05, 0.1) is 12.6 Å². The van der Waals surface area contributed by atoms with Crippen LogP contribution in [0.25, 0.3) is 0 Å². The number of hydrogen-bond acceptors (Lipinski definition) is 4. The van der Waals surface area contributed by atoms with Crippen LogP contribution >= 0.6 is 0 Å². The molecule has 0 bridgehead atoms. The Balaban J connectivity index is 2.56. The molecular formula is C9H15NO4. The highest BCUT2D eigenvalue weighted by atomic mass is 16.5. The summed E-state index contributed by atoms with van der Waals surface area (Å²) >= 11 is 0. The van der Waals surface area contributed by atoms with Gasteiger partial charge in [0, 0.05) is 0 Å². The topological polar surface area (TPSA) is 66.8 Å². The fourth-order valence-electron chi connectivity index (χ4n) is 1.12. The van der Waals surface area contributed by atoms with E-state index in [9.17, 15) is 14.7 Å². The molecule has 1 rings (SSSR count). The highest BCUT2D eigenvalue weighted by Crippen LogP contribution is 2.07. The zero-order valence-corrected chi connectivity index (χ0v) is 8.40. The van der Waals surface area contributed by atoms with E-state index in [1.807, 2.05) is 13.8 Å². The molecule has 1 unspecified atom stereocenters. The average molecular weight is 201 g/mol. The number of rotatable bonds is 3. The smallest absolute Gasteiger partial charge is 0.255 e. The van der Waals surface area contributed by atoms with Crippen LogP contribution in [-0.4, -0.2) is 47.7 Å². The lowest BCUT2D eigenvalue weighted by molar-refractivity contribution is -0.160. The molecule has 1 saturated heterocycles. The van der Waals surface area contributed by atoms with Gasteiger partial charge in [-0.25, -0.2) is 0 Å². The monoisotopic (exact) mass is 201 g/mol. The van der Waals surface area contributed by atoms with Crippen molar-refractivity contribution in [2.45, 2.75) is 20.0 Å². The third-order valence-electron chi connectivity index (χ3n) is 2.19. The van der Waals surface area contributed by atoms with Crippen LogP contribution in [0.4, 0.5) is 0 Å². The predicted octanol–water partition coefficient (Wildman–Crippen LogP) is -0.611. The summed E-state index contributed by atoms with van der Waals surface area (Å²) in [4.78, 5) is 23.5. The lowest BCUT2D eigenvalue weighted by atomic mass is 10.1. The first-order chi connectivity index (χ1) is 6.52. The SMILES string of the molecule is CC(C)C(O)CN1C(=O)COCC1=O. The molecule has 0 aromatic rings. The average Bonchev–Trinajstić information content (AvgIpc) is 2.11. The van der Waals surface area contributed by atoms with Crippen molar-refractivity contribution in [2.24, 2.45) is 5.92 Å². The molecule has 80 valence electrons. The van der Waals surface area contributed by atoms with Gasteiger partial charge in [0.1, 0.15) is 13.2 Å². The maximum Gasteiger partial charge on any atom is 0.255 e. The molecule has 1 heterocycles. The second kappa shape index (κ2) is 4.52. The fourth-order valence-corrected chi connectivity index (χ4v) is 1.12. The summed E-state index contributed by atoms with van der Waals surface area (Å²) in [6.45, 7) is 3.59. The minimum absolute atomic E-state index is 0.0263. The Morgan fingerprint density at radius 1 is 1.36 bits per heavy atom. The molecule has 1 aliphatic rings. The van der Waals surface area contributed by atoms with Crippen LogP contribution in [0.2, 0.25) is 0 Å². The van der Waals surface area contributed by atoms with Crippen molar-refractivity contribution in [3.8, 4) is 0 Å². The molecular weight excluding hydrogens is 186 g/mol. The van der Waals surface area contributed by atoms with Gasteiger partial charge in [0.25, 0.3) is 11.8 Å². The third kappa shape index (κ3) is 2.52. The highest BCUT2D eigenvalue weighted by molar-refractivity contribution is 5.98. The predicted molar refractivity (Wildman–Crippen MR) is 48.4 cm³/mol. The van der Waals surface area contributed by atoms with E-state index < -0.39 is 6.10 Å². The van der Waals surface area contributed by atoms with Crippen molar-refractivity contribution in [3.63, 3.8) is 0 Å². The van der Waals surface area contributed by atoms with E-state index in [1.165, 1.54) is 0 Å². The Bertz CT molecular complexity index is 223. The van der Waals surface area contributed by atoms with E-state index in [-0.39, 0.29) is 37.5 Å². The van der Waals surface area contributed by atoms with Gasteiger partial charge in [-0.15, -0.1) is 0 Å². The normalized spacial score (nSPS) is 20.4. The van der Waals surface area contributed by atoms with Crippen molar-refractivity contribution in [1.29, 1.82) is 0 Å². The number of hydrogen-bond donors (Lipinski definition) is 1. The van der Waals surface area contributed by atoms with E-state index in [2.05, 4.69) is 0 Å². The summed E-state index contributed by atoms with van der Waals surface area (Å²) in [5.74, 6) is -0.722. The Morgan fingerprint density at radius 3 is 2.29 bits per heavy atom. The second-order valence-corrected chi connectivity index (χ2v) is 3.70. The van der Waals surface area contributed by atoms with E-state index in [4.69, 9.17) is 4.74 Å². The van der Waals surface area contributed by atoms with Crippen molar-refractivity contribution >= 4 is 11.8 Å². The van der Waals surface area contributed by atoms with E-state index >= 15 is 0 Å². The molecule has 1 fully saturated rings. The molecule has 0 spiro atoms. The number of imide groups is 1. The molecule has 5 heteroatoms. The maximum absolute atomic E-state index is 11.2. The van der Waals surface area contributed by atoms with Crippen LogP contribution in [0.1, 0.15) is 13.8 Å². The molecule has 0 aromatic heterocycles. The maximum atomic E-state index is 11.2. The molecule has 0 radical (unpaired) electrons. The lowest BCUT2D eigenvalue weighted by Crippen LogP contribution is -2.49. The summed E-state index contributed by atoms with van der Waals surface area (Å²) in [6.07, 6.45) is -0.666. The molecule has 0 aliphatic carbocycles. The van der Waals surface area contributed by atoms with Crippen molar-refractivity contribution in [2.75, 3.05) is 19.8 Å². The minimum atomic E-state index is -0.666. The van der Waals surface area contributed by atoms with E-state index in [0.717, 1.165) is 4.90 Å². The van der Waals surface area contributed by atoms with Gasteiger partial charge in [-0.2, -0.15) is 0 Å². The van der Waals surface area contributed by atoms with Crippen LogP contribution in [0.5, 0.6) is 0 Å². The summed E-state index contributed by atoms with van der Waals surface area (Å²) in [7, 11) is 0. The van der Waals surface area contributed by atoms with Crippen LogP contribution in [0.3, 0.4) is 0 Å². The summed E-state index contributed by atoms with van der Waals surface area (Å²) in [5, 5.41) is 9.53.